The molecule has 0 spiro atoms. The Kier molecular flexibility index (Phi) is 6.09. The Hall–Kier alpha value is 0.350. The molecule has 0 unspecified atom stereocenters. The van der Waals surface area contributed by atoms with Gasteiger partial charge < -0.3 is 4.74 Å². The van der Waals surface area contributed by atoms with Crippen molar-refractivity contribution in [3.8, 4) is 0 Å². The van der Waals surface area contributed by atoms with Crippen molar-refractivity contribution in [2.75, 3.05) is 30.8 Å². The number of nitrogens with zero attached hydrogens (tertiary/aromatic N) is 1. The molecule has 0 aromatic heterocycles. The molecule has 1 heterocycles. The van der Waals surface area contributed by atoms with Crippen LogP contribution < -0.4 is 0 Å². The lowest BCUT2D eigenvalue weighted by molar-refractivity contribution is 0.0308. The number of piperidine rings is 1. The zero-order valence-corrected chi connectivity index (χ0v) is 13.9. The first-order valence-corrected chi connectivity index (χ1v) is 9.13. The molecule has 6 heteroatoms. The first kappa shape index (κ1) is 16.4. The molecule has 4 nitrogen and oxygen atoms in total. The molecule has 0 amide bonds. The average molecular weight is 342 g/mol. The lowest BCUT2D eigenvalue weighted by Crippen LogP contribution is -2.43. The normalized spacial score (nSPS) is 20.2. The van der Waals surface area contributed by atoms with Gasteiger partial charge in [0.05, 0.1) is 18.5 Å². The Morgan fingerprint density at radius 3 is 2.28 bits per heavy atom. The van der Waals surface area contributed by atoms with Gasteiger partial charge in [0.1, 0.15) is 0 Å². The molecule has 0 atom stereocenters. The number of sulfonamides is 1. The number of alkyl halides is 1. The highest BCUT2D eigenvalue weighted by molar-refractivity contribution is 9.09. The lowest BCUT2D eigenvalue weighted by Gasteiger charge is -2.32. The fourth-order valence-electron chi connectivity index (χ4n) is 2.13. The predicted molar refractivity (Wildman–Crippen MR) is 77.6 cm³/mol. The Morgan fingerprint density at radius 2 is 1.83 bits per heavy atom. The van der Waals surface area contributed by atoms with Gasteiger partial charge in [0.15, 0.2) is 0 Å². The van der Waals surface area contributed by atoms with E-state index in [-0.39, 0.29) is 17.3 Å². The van der Waals surface area contributed by atoms with Crippen LogP contribution in [0.3, 0.4) is 0 Å². The van der Waals surface area contributed by atoms with Crippen molar-refractivity contribution in [2.45, 2.75) is 39.7 Å². The average Bonchev–Trinajstić information content (AvgIpc) is 2.23. The van der Waals surface area contributed by atoms with E-state index in [2.05, 4.69) is 15.9 Å². The summed E-state index contributed by atoms with van der Waals surface area (Å²) in [6, 6.07) is 0. The first-order chi connectivity index (χ1) is 8.24. The summed E-state index contributed by atoms with van der Waals surface area (Å²) in [5.41, 5.74) is -0.192. The van der Waals surface area contributed by atoms with Gasteiger partial charge >= 0.3 is 0 Å². The fourth-order valence-corrected chi connectivity index (χ4v) is 4.36. The van der Waals surface area contributed by atoms with Crippen LogP contribution in [-0.2, 0) is 14.8 Å². The van der Waals surface area contributed by atoms with E-state index < -0.39 is 10.0 Å². The summed E-state index contributed by atoms with van der Waals surface area (Å²) < 4.78 is 31.6. The molecule has 0 aromatic carbocycles. The van der Waals surface area contributed by atoms with E-state index in [1.165, 1.54) is 0 Å². The van der Waals surface area contributed by atoms with Crippen molar-refractivity contribution in [3.63, 3.8) is 0 Å². The monoisotopic (exact) mass is 341 g/mol. The number of halogens is 1. The minimum atomic E-state index is -3.12. The maximum Gasteiger partial charge on any atom is 0.214 e. The van der Waals surface area contributed by atoms with Gasteiger partial charge in [-0.05, 0) is 18.3 Å². The molecule has 0 bridgehead atoms. The molecule has 1 fully saturated rings. The predicted octanol–water partition coefficient (Wildman–Crippen LogP) is 2.24. The van der Waals surface area contributed by atoms with Crippen molar-refractivity contribution in [3.05, 3.63) is 0 Å². The molecule has 1 aliphatic heterocycles. The quantitative estimate of drug-likeness (QED) is 0.720. The maximum atomic E-state index is 12.2. The number of hydrogen-bond acceptors (Lipinski definition) is 3. The van der Waals surface area contributed by atoms with Crippen LogP contribution in [0, 0.1) is 5.41 Å². The van der Waals surface area contributed by atoms with Gasteiger partial charge in [-0.25, -0.2) is 12.7 Å². The third-order valence-corrected chi connectivity index (χ3v) is 5.55. The van der Waals surface area contributed by atoms with E-state index >= 15 is 0 Å². The second-order valence-electron chi connectivity index (χ2n) is 5.98. The molecular formula is C12H24BrNO3S. The van der Waals surface area contributed by atoms with Gasteiger partial charge in [-0.1, -0.05) is 36.7 Å². The highest BCUT2D eigenvalue weighted by Crippen LogP contribution is 2.22. The molecule has 0 aromatic rings. The van der Waals surface area contributed by atoms with Crippen molar-refractivity contribution in [2.24, 2.45) is 5.41 Å². The molecule has 0 saturated carbocycles. The van der Waals surface area contributed by atoms with Gasteiger partial charge in [0, 0.05) is 18.4 Å². The lowest BCUT2D eigenvalue weighted by atomic mass is 10.0. The summed E-state index contributed by atoms with van der Waals surface area (Å²) in [6.07, 6.45) is 1.82. The van der Waals surface area contributed by atoms with E-state index in [0.29, 0.717) is 19.7 Å². The first-order valence-electron chi connectivity index (χ1n) is 6.40. The molecule has 0 radical (unpaired) electrons. The summed E-state index contributed by atoms with van der Waals surface area (Å²) in [4.78, 5) is 0. The fraction of sp³-hybridized carbons (Fsp3) is 1.00. The van der Waals surface area contributed by atoms with Gasteiger partial charge in [0.25, 0.3) is 0 Å². The van der Waals surface area contributed by atoms with E-state index in [9.17, 15) is 8.42 Å². The minimum absolute atomic E-state index is 0.192. The summed E-state index contributed by atoms with van der Waals surface area (Å²) in [5, 5.41) is 0.829. The maximum absolute atomic E-state index is 12.2. The Labute approximate surface area is 119 Å². The summed E-state index contributed by atoms with van der Waals surface area (Å²) >= 11 is 3.32. The second kappa shape index (κ2) is 6.68. The van der Waals surface area contributed by atoms with Gasteiger partial charge in [0.2, 0.25) is 10.0 Å². The smallest absolute Gasteiger partial charge is 0.214 e. The van der Waals surface area contributed by atoms with E-state index in [1.54, 1.807) is 4.31 Å². The van der Waals surface area contributed by atoms with Crippen LogP contribution in [0.2, 0.25) is 0 Å². The molecule has 18 heavy (non-hydrogen) atoms. The van der Waals surface area contributed by atoms with Crippen molar-refractivity contribution < 1.29 is 13.2 Å². The van der Waals surface area contributed by atoms with Crippen LogP contribution in [0.25, 0.3) is 0 Å². The van der Waals surface area contributed by atoms with Crippen LogP contribution in [0.15, 0.2) is 0 Å². The standard InChI is InChI=1S/C12H24BrNO3S/c1-12(2,3)10-18(15,16)14-7-4-11(5-8-14)17-9-6-13/h11H,4-10H2,1-3H3. The SMILES string of the molecule is CC(C)(C)CS(=O)(=O)N1CCC(OCCBr)CC1. The largest absolute Gasteiger partial charge is 0.377 e. The van der Waals surface area contributed by atoms with E-state index in [4.69, 9.17) is 4.74 Å². The Morgan fingerprint density at radius 1 is 1.28 bits per heavy atom. The van der Waals surface area contributed by atoms with E-state index in [0.717, 1.165) is 18.2 Å². The van der Waals surface area contributed by atoms with Crippen LogP contribution >= 0.6 is 15.9 Å². The van der Waals surface area contributed by atoms with Crippen LogP contribution in [-0.4, -0.2) is 49.6 Å². The topological polar surface area (TPSA) is 46.6 Å². The third-order valence-electron chi connectivity index (χ3n) is 2.84. The van der Waals surface area contributed by atoms with Crippen molar-refractivity contribution in [1.29, 1.82) is 0 Å². The van der Waals surface area contributed by atoms with Crippen LogP contribution in [0.1, 0.15) is 33.6 Å². The zero-order chi connectivity index (χ0) is 13.8. The molecular weight excluding hydrogens is 318 g/mol. The summed E-state index contributed by atoms with van der Waals surface area (Å²) in [5.74, 6) is 0.215. The highest BCUT2D eigenvalue weighted by atomic mass is 79.9. The Balaban J connectivity index is 2.47. The number of hydrogen-bond donors (Lipinski definition) is 0. The van der Waals surface area contributed by atoms with Crippen LogP contribution in [0.4, 0.5) is 0 Å². The summed E-state index contributed by atoms with van der Waals surface area (Å²) in [7, 11) is -3.12. The summed E-state index contributed by atoms with van der Waals surface area (Å²) in [6.45, 7) is 7.74. The second-order valence-corrected chi connectivity index (χ2v) is 8.74. The molecule has 1 saturated heterocycles. The molecule has 108 valence electrons. The molecule has 0 aliphatic carbocycles. The van der Waals surface area contributed by atoms with Gasteiger partial charge in [-0.3, -0.25) is 0 Å². The highest BCUT2D eigenvalue weighted by Gasteiger charge is 2.31. The zero-order valence-electron chi connectivity index (χ0n) is 11.5. The molecule has 1 rings (SSSR count). The number of ether oxygens (including phenoxy) is 1. The minimum Gasteiger partial charge on any atom is -0.377 e. The molecule has 0 N–H and O–H groups in total. The number of rotatable bonds is 5. The Bertz CT molecular complexity index is 343. The van der Waals surface area contributed by atoms with Crippen molar-refractivity contribution >= 4 is 26.0 Å². The van der Waals surface area contributed by atoms with E-state index in [1.807, 2.05) is 20.8 Å². The molecule has 1 aliphatic rings. The third kappa shape index (κ3) is 5.55. The van der Waals surface area contributed by atoms with Crippen LogP contribution in [0.5, 0.6) is 0 Å². The van der Waals surface area contributed by atoms with Crippen molar-refractivity contribution in [1.82, 2.24) is 4.31 Å². The van der Waals surface area contributed by atoms with Gasteiger partial charge in [-0.15, -0.1) is 0 Å². The van der Waals surface area contributed by atoms with Gasteiger partial charge in [-0.2, -0.15) is 0 Å².